The van der Waals surface area contributed by atoms with E-state index in [1.54, 1.807) is 10.8 Å². The lowest BCUT2D eigenvalue weighted by Crippen LogP contribution is -2.21. The molecule has 0 saturated carbocycles. The molecule has 0 fully saturated rings. The Bertz CT molecular complexity index is 666. The summed E-state index contributed by atoms with van der Waals surface area (Å²) in [6.45, 7) is 4.55. The molecule has 2 aromatic rings. The van der Waals surface area contributed by atoms with Gasteiger partial charge in [0.25, 0.3) is 0 Å². The molecule has 5 heteroatoms. The van der Waals surface area contributed by atoms with Crippen LogP contribution in [0, 0.1) is 0 Å². The molecule has 0 spiro atoms. The zero-order chi connectivity index (χ0) is 16.7. The van der Waals surface area contributed by atoms with Crippen molar-refractivity contribution in [2.24, 2.45) is 0 Å². The zero-order valence-corrected chi connectivity index (χ0v) is 13.6. The number of nitrogens with zero attached hydrogens (tertiary/aromatic N) is 1. The fourth-order valence-corrected chi connectivity index (χ4v) is 2.40. The van der Waals surface area contributed by atoms with Crippen molar-refractivity contribution in [3.05, 3.63) is 64.1 Å². The largest absolute Gasteiger partial charge is 0.483 e. The van der Waals surface area contributed by atoms with E-state index in [1.165, 1.54) is 6.07 Å². The monoisotopic (exact) mass is 317 g/mol. The van der Waals surface area contributed by atoms with Crippen LogP contribution in [0.1, 0.15) is 37.8 Å². The van der Waals surface area contributed by atoms with Gasteiger partial charge in [-0.1, -0.05) is 37.3 Å². The van der Waals surface area contributed by atoms with E-state index in [-0.39, 0.29) is 24.0 Å². The van der Waals surface area contributed by atoms with Crippen LogP contribution in [0.3, 0.4) is 0 Å². The van der Waals surface area contributed by atoms with Crippen molar-refractivity contribution in [3.63, 3.8) is 0 Å². The van der Waals surface area contributed by atoms with Crippen molar-refractivity contribution in [2.45, 2.75) is 39.7 Å². The van der Waals surface area contributed by atoms with Gasteiger partial charge < -0.3 is 19.1 Å². The van der Waals surface area contributed by atoms with E-state index < -0.39 is 0 Å². The summed E-state index contributed by atoms with van der Waals surface area (Å²) in [5, 5.41) is 9.50. The first-order chi connectivity index (χ1) is 11.2. The lowest BCUT2D eigenvalue weighted by atomic mass is 10.2. The minimum Gasteiger partial charge on any atom is -0.483 e. The zero-order valence-electron chi connectivity index (χ0n) is 13.6. The van der Waals surface area contributed by atoms with Gasteiger partial charge in [0.1, 0.15) is 12.8 Å². The highest BCUT2D eigenvalue weighted by atomic mass is 16.5. The molecule has 1 unspecified atom stereocenters. The Hall–Kier alpha value is -2.11. The summed E-state index contributed by atoms with van der Waals surface area (Å²) in [5.41, 5.74) is 1.26. The van der Waals surface area contributed by atoms with Crippen molar-refractivity contribution < 1.29 is 14.6 Å². The fourth-order valence-electron chi connectivity index (χ4n) is 2.40. The van der Waals surface area contributed by atoms with Gasteiger partial charge in [0.15, 0.2) is 5.75 Å². The van der Waals surface area contributed by atoms with Gasteiger partial charge in [0, 0.05) is 18.4 Å². The summed E-state index contributed by atoms with van der Waals surface area (Å²) in [6, 6.07) is 11.1. The Morgan fingerprint density at radius 2 is 1.96 bits per heavy atom. The van der Waals surface area contributed by atoms with Crippen molar-refractivity contribution in [1.82, 2.24) is 4.57 Å². The average Bonchev–Trinajstić information content (AvgIpc) is 2.59. The second-order valence-electron chi connectivity index (χ2n) is 5.15. The SMILES string of the molecule is CCOC(CC)n1cc(OCc2ccccc2)c(=O)cc1CO. The topological polar surface area (TPSA) is 60.7 Å². The molecule has 1 aromatic heterocycles. The van der Waals surface area contributed by atoms with Crippen molar-refractivity contribution in [1.29, 1.82) is 0 Å². The third-order valence-electron chi connectivity index (χ3n) is 3.55. The van der Waals surface area contributed by atoms with Crippen LogP contribution in [0.4, 0.5) is 0 Å². The minimum absolute atomic E-state index is 0.224. The summed E-state index contributed by atoms with van der Waals surface area (Å²) in [6.07, 6.45) is 2.12. The Morgan fingerprint density at radius 3 is 2.57 bits per heavy atom. The average molecular weight is 317 g/mol. The van der Waals surface area contributed by atoms with Gasteiger partial charge in [0.05, 0.1) is 12.8 Å². The van der Waals surface area contributed by atoms with Crippen LogP contribution < -0.4 is 10.2 Å². The lowest BCUT2D eigenvalue weighted by molar-refractivity contribution is 0.00273. The summed E-state index contributed by atoms with van der Waals surface area (Å²) >= 11 is 0. The highest BCUT2D eigenvalue weighted by molar-refractivity contribution is 5.23. The molecule has 5 nitrogen and oxygen atoms in total. The Balaban J connectivity index is 2.27. The molecule has 1 N–H and O–H groups in total. The number of aliphatic hydroxyl groups is 1. The first-order valence-electron chi connectivity index (χ1n) is 7.83. The Morgan fingerprint density at radius 1 is 1.22 bits per heavy atom. The van der Waals surface area contributed by atoms with Gasteiger partial charge >= 0.3 is 0 Å². The van der Waals surface area contributed by atoms with Crippen LogP contribution in [0.25, 0.3) is 0 Å². The van der Waals surface area contributed by atoms with E-state index in [4.69, 9.17) is 9.47 Å². The maximum Gasteiger partial charge on any atom is 0.223 e. The molecule has 0 amide bonds. The quantitative estimate of drug-likeness (QED) is 0.813. The number of hydrogen-bond acceptors (Lipinski definition) is 4. The number of aromatic nitrogens is 1. The highest BCUT2D eigenvalue weighted by Gasteiger charge is 2.14. The van der Waals surface area contributed by atoms with E-state index in [1.807, 2.05) is 44.2 Å². The molecule has 23 heavy (non-hydrogen) atoms. The number of benzene rings is 1. The number of pyridine rings is 1. The lowest BCUT2D eigenvalue weighted by Gasteiger charge is -2.23. The predicted molar refractivity (Wildman–Crippen MR) is 88.4 cm³/mol. The summed E-state index contributed by atoms with van der Waals surface area (Å²) in [4.78, 5) is 12.2. The van der Waals surface area contributed by atoms with Crippen molar-refractivity contribution >= 4 is 0 Å². The van der Waals surface area contributed by atoms with Gasteiger partial charge in [-0.05, 0) is 18.9 Å². The summed E-state index contributed by atoms with van der Waals surface area (Å²) in [5.74, 6) is 0.254. The predicted octanol–water partition coefficient (Wildman–Crippen LogP) is 2.86. The van der Waals surface area contributed by atoms with Crippen LogP contribution in [0.15, 0.2) is 47.4 Å². The first-order valence-corrected chi connectivity index (χ1v) is 7.83. The normalized spacial score (nSPS) is 12.1. The van der Waals surface area contributed by atoms with E-state index >= 15 is 0 Å². The van der Waals surface area contributed by atoms with Gasteiger partial charge in [0.2, 0.25) is 5.43 Å². The molecule has 0 aliphatic rings. The van der Waals surface area contributed by atoms with Crippen LogP contribution in [0.2, 0.25) is 0 Å². The summed E-state index contributed by atoms with van der Waals surface area (Å²) in [7, 11) is 0. The second-order valence-corrected chi connectivity index (χ2v) is 5.15. The van der Waals surface area contributed by atoms with E-state index in [9.17, 15) is 9.90 Å². The Kier molecular flexibility index (Phi) is 6.38. The molecule has 0 bridgehead atoms. The second kappa shape index (κ2) is 8.50. The third kappa shape index (κ3) is 4.43. The molecule has 0 saturated heterocycles. The molecular formula is C18H23NO4. The molecule has 0 aliphatic carbocycles. The molecule has 1 aromatic carbocycles. The number of hydrogen-bond donors (Lipinski definition) is 1. The maximum atomic E-state index is 12.2. The fraction of sp³-hybridized carbons (Fsp3) is 0.389. The molecule has 1 heterocycles. The molecule has 0 radical (unpaired) electrons. The molecule has 1 atom stereocenters. The van der Waals surface area contributed by atoms with Crippen molar-refractivity contribution in [2.75, 3.05) is 6.61 Å². The third-order valence-corrected chi connectivity index (χ3v) is 3.55. The van der Waals surface area contributed by atoms with Crippen LogP contribution in [0.5, 0.6) is 5.75 Å². The Labute approximate surface area is 136 Å². The van der Waals surface area contributed by atoms with Crippen LogP contribution in [-0.4, -0.2) is 16.3 Å². The minimum atomic E-state index is -0.243. The standard InChI is InChI=1S/C18H23NO4/c1-3-18(22-4-2)19-11-17(16(21)10-15(19)12-20)23-13-14-8-6-5-7-9-14/h5-11,18,20H,3-4,12-13H2,1-2H3. The van der Waals surface area contributed by atoms with E-state index in [0.29, 0.717) is 18.9 Å². The highest BCUT2D eigenvalue weighted by Crippen LogP contribution is 2.19. The number of ether oxygens (including phenoxy) is 2. The van der Waals surface area contributed by atoms with Crippen molar-refractivity contribution in [3.8, 4) is 5.75 Å². The van der Waals surface area contributed by atoms with Crippen LogP contribution in [-0.2, 0) is 18.0 Å². The summed E-state index contributed by atoms with van der Waals surface area (Å²) < 4.78 is 13.1. The number of rotatable bonds is 8. The van der Waals surface area contributed by atoms with Gasteiger partial charge in [-0.25, -0.2) is 0 Å². The maximum absolute atomic E-state index is 12.2. The molecule has 2 rings (SSSR count). The first kappa shape index (κ1) is 17.2. The van der Waals surface area contributed by atoms with E-state index in [0.717, 1.165) is 12.0 Å². The molecular weight excluding hydrogens is 294 g/mol. The van der Waals surface area contributed by atoms with Gasteiger partial charge in [-0.15, -0.1) is 0 Å². The van der Waals surface area contributed by atoms with Gasteiger partial charge in [-0.2, -0.15) is 0 Å². The van der Waals surface area contributed by atoms with E-state index in [2.05, 4.69) is 0 Å². The smallest absolute Gasteiger partial charge is 0.223 e. The van der Waals surface area contributed by atoms with Gasteiger partial charge in [-0.3, -0.25) is 4.79 Å². The van der Waals surface area contributed by atoms with Crippen LogP contribution >= 0.6 is 0 Å². The molecule has 124 valence electrons. The number of aliphatic hydroxyl groups excluding tert-OH is 1. The molecule has 0 aliphatic heterocycles.